The third kappa shape index (κ3) is 10.7. The lowest BCUT2D eigenvalue weighted by atomic mass is 9.87. The highest BCUT2D eigenvalue weighted by atomic mass is 16.8. The van der Waals surface area contributed by atoms with E-state index in [0.717, 1.165) is 12.8 Å². The Bertz CT molecular complexity index is 873. The molecule has 0 aromatic heterocycles. The minimum atomic E-state index is -1.66. The fourth-order valence-electron chi connectivity index (χ4n) is 4.92. The molecule has 1 heterocycles. The third-order valence-corrected chi connectivity index (χ3v) is 6.88. The van der Waals surface area contributed by atoms with Crippen molar-refractivity contribution in [3.8, 4) is 0 Å². The first kappa shape index (κ1) is 32.9. The molecule has 1 N–H and O–H groups in total. The number of rotatable bonds is 19. The van der Waals surface area contributed by atoms with Crippen molar-refractivity contribution in [1.82, 2.24) is 5.32 Å². The van der Waals surface area contributed by atoms with Gasteiger partial charge in [-0.1, -0.05) is 82.2 Å². The zero-order chi connectivity index (χ0) is 28.6. The average Bonchev–Trinajstić information content (AvgIpc) is 3.25. The van der Waals surface area contributed by atoms with Gasteiger partial charge in [0.1, 0.15) is 12.9 Å². The van der Waals surface area contributed by atoms with Crippen LogP contribution in [0.2, 0.25) is 0 Å². The summed E-state index contributed by atoms with van der Waals surface area (Å²) < 4.78 is 28.4. The zero-order valence-corrected chi connectivity index (χ0v) is 24.5. The first-order valence-corrected chi connectivity index (χ1v) is 14.3. The summed E-state index contributed by atoms with van der Waals surface area (Å²) in [6.07, 6.45) is 14.6. The first-order valence-electron chi connectivity index (χ1n) is 14.3. The summed E-state index contributed by atoms with van der Waals surface area (Å²) in [7, 11) is 2.77. The lowest BCUT2D eigenvalue weighted by Gasteiger charge is -2.37. The molecular weight excluding hydrogens is 498 g/mol. The van der Waals surface area contributed by atoms with E-state index in [0.29, 0.717) is 12.0 Å². The Hall–Kier alpha value is -2.26. The van der Waals surface area contributed by atoms with E-state index in [2.05, 4.69) is 24.4 Å². The molecule has 1 saturated heterocycles. The number of hydrogen-bond acceptors (Lipinski definition) is 7. The molecular formula is C31H49NO7. The van der Waals surface area contributed by atoms with Gasteiger partial charge in [-0.25, -0.2) is 4.79 Å². The highest BCUT2D eigenvalue weighted by molar-refractivity contribution is 5.98. The standard InChI is InChI=1S/C31H49NO7/c1-6-7-8-9-10-11-12-13-14-15-19-22-26-27(39-30(2,3)38-26)31(29(34)36-5,23-37-24-35-4)32-28(33)25-20-17-16-18-21-25/h15-21,26-27H,6-14,22-24H2,1-5H3,(H,32,33)/b19-15-/t26-,27+,31+/m1/s1. The van der Waals surface area contributed by atoms with Gasteiger partial charge < -0.3 is 29.0 Å². The second kappa shape index (κ2) is 17.4. The predicted octanol–water partition coefficient (Wildman–Crippen LogP) is 5.95. The van der Waals surface area contributed by atoms with E-state index in [1.807, 2.05) is 6.07 Å². The maximum atomic E-state index is 13.4. The molecule has 0 spiro atoms. The molecule has 2 rings (SSSR count). The van der Waals surface area contributed by atoms with Gasteiger partial charge in [-0.15, -0.1) is 0 Å². The first-order chi connectivity index (χ1) is 18.8. The molecule has 0 saturated carbocycles. The molecule has 0 unspecified atom stereocenters. The van der Waals surface area contributed by atoms with Crippen LogP contribution < -0.4 is 5.32 Å². The fraction of sp³-hybridized carbons (Fsp3) is 0.677. The zero-order valence-electron chi connectivity index (χ0n) is 24.5. The van der Waals surface area contributed by atoms with Crippen molar-refractivity contribution >= 4 is 11.9 Å². The molecule has 39 heavy (non-hydrogen) atoms. The Morgan fingerprint density at radius 2 is 1.64 bits per heavy atom. The maximum Gasteiger partial charge on any atom is 0.336 e. The van der Waals surface area contributed by atoms with Gasteiger partial charge in [0, 0.05) is 12.7 Å². The van der Waals surface area contributed by atoms with Crippen LogP contribution in [0.25, 0.3) is 0 Å². The van der Waals surface area contributed by atoms with E-state index in [1.54, 1.807) is 38.1 Å². The van der Waals surface area contributed by atoms with Crippen molar-refractivity contribution in [2.45, 2.75) is 109 Å². The van der Waals surface area contributed by atoms with E-state index >= 15 is 0 Å². The quantitative estimate of drug-likeness (QED) is 0.0991. The van der Waals surface area contributed by atoms with Crippen molar-refractivity contribution in [1.29, 1.82) is 0 Å². The molecule has 1 aliphatic rings. The molecule has 1 fully saturated rings. The van der Waals surface area contributed by atoms with Crippen molar-refractivity contribution in [3.63, 3.8) is 0 Å². The van der Waals surface area contributed by atoms with Crippen LogP contribution in [-0.4, -0.2) is 63.0 Å². The Balaban J connectivity index is 2.13. The molecule has 1 amide bonds. The monoisotopic (exact) mass is 547 g/mol. The van der Waals surface area contributed by atoms with Gasteiger partial charge >= 0.3 is 5.97 Å². The van der Waals surface area contributed by atoms with Crippen LogP contribution in [0.1, 0.15) is 95.3 Å². The van der Waals surface area contributed by atoms with E-state index in [1.165, 1.54) is 59.2 Å². The SMILES string of the molecule is CCCCCCCCCC/C=C\C[C@H]1OC(C)(C)O[C@@H]1[C@](COCOC)(NC(=O)c1ccccc1)C(=O)OC. The number of hydrogen-bond donors (Lipinski definition) is 1. The minimum absolute atomic E-state index is 0.0694. The number of carbonyl (C=O) groups is 2. The number of methoxy groups -OCH3 is 2. The number of benzene rings is 1. The molecule has 1 aromatic rings. The van der Waals surface area contributed by atoms with Crippen molar-refractivity contribution in [3.05, 3.63) is 48.0 Å². The molecule has 1 aromatic carbocycles. The number of carbonyl (C=O) groups excluding carboxylic acids is 2. The summed E-state index contributed by atoms with van der Waals surface area (Å²) in [5.74, 6) is -2.10. The van der Waals surface area contributed by atoms with Crippen LogP contribution in [0.15, 0.2) is 42.5 Å². The van der Waals surface area contributed by atoms with Crippen molar-refractivity contribution in [2.24, 2.45) is 0 Å². The van der Waals surface area contributed by atoms with Gasteiger partial charge in [0.05, 0.1) is 19.8 Å². The largest absolute Gasteiger partial charge is 0.467 e. The second-order valence-electron chi connectivity index (χ2n) is 10.6. The Kier molecular flexibility index (Phi) is 14.7. The predicted molar refractivity (Wildman–Crippen MR) is 151 cm³/mol. The lowest BCUT2D eigenvalue weighted by molar-refractivity contribution is -0.175. The normalized spacial score (nSPS) is 20.1. The summed E-state index contributed by atoms with van der Waals surface area (Å²) in [5.41, 5.74) is -1.26. The Morgan fingerprint density at radius 1 is 0.974 bits per heavy atom. The van der Waals surface area contributed by atoms with Crippen LogP contribution in [0.4, 0.5) is 0 Å². The van der Waals surface area contributed by atoms with E-state index in [9.17, 15) is 9.59 Å². The molecule has 8 heteroatoms. The average molecular weight is 548 g/mol. The van der Waals surface area contributed by atoms with Gasteiger partial charge in [0.15, 0.2) is 11.3 Å². The number of esters is 1. The van der Waals surface area contributed by atoms with Crippen molar-refractivity contribution in [2.75, 3.05) is 27.6 Å². The molecule has 0 radical (unpaired) electrons. The van der Waals surface area contributed by atoms with Gasteiger partial charge in [-0.05, 0) is 45.2 Å². The summed E-state index contributed by atoms with van der Waals surface area (Å²) >= 11 is 0. The molecule has 220 valence electrons. The van der Waals surface area contributed by atoms with Crippen LogP contribution in [0, 0.1) is 0 Å². The van der Waals surface area contributed by atoms with E-state index < -0.39 is 35.4 Å². The topological polar surface area (TPSA) is 92.3 Å². The van der Waals surface area contributed by atoms with Gasteiger partial charge in [-0.2, -0.15) is 0 Å². The minimum Gasteiger partial charge on any atom is -0.467 e. The molecule has 3 atom stereocenters. The number of allylic oxidation sites excluding steroid dienone is 1. The van der Waals surface area contributed by atoms with Gasteiger partial charge in [0.25, 0.3) is 5.91 Å². The highest BCUT2D eigenvalue weighted by Gasteiger charge is 2.58. The van der Waals surface area contributed by atoms with Gasteiger partial charge in [0.2, 0.25) is 0 Å². The fourth-order valence-corrected chi connectivity index (χ4v) is 4.92. The number of unbranched alkanes of at least 4 members (excludes halogenated alkanes) is 8. The summed E-state index contributed by atoms with van der Waals surface area (Å²) in [6, 6.07) is 8.69. The van der Waals surface area contributed by atoms with Gasteiger partial charge in [-0.3, -0.25) is 4.79 Å². The van der Waals surface area contributed by atoms with Crippen LogP contribution in [0.5, 0.6) is 0 Å². The van der Waals surface area contributed by atoms with Crippen LogP contribution >= 0.6 is 0 Å². The number of ether oxygens (including phenoxy) is 5. The summed E-state index contributed by atoms with van der Waals surface area (Å²) in [5, 5.41) is 2.89. The summed E-state index contributed by atoms with van der Waals surface area (Å²) in [6.45, 7) is 5.54. The smallest absolute Gasteiger partial charge is 0.336 e. The Labute approximate surface area is 234 Å². The molecule has 1 aliphatic heterocycles. The highest BCUT2D eigenvalue weighted by Crippen LogP contribution is 2.37. The number of nitrogens with one attached hydrogen (secondary N) is 1. The third-order valence-electron chi connectivity index (χ3n) is 6.88. The summed E-state index contributed by atoms with van der Waals surface area (Å²) in [4.78, 5) is 26.7. The van der Waals surface area contributed by atoms with Crippen LogP contribution in [-0.2, 0) is 28.5 Å². The van der Waals surface area contributed by atoms with Crippen molar-refractivity contribution < 1.29 is 33.3 Å². The lowest BCUT2D eigenvalue weighted by Crippen LogP contribution is -2.67. The van der Waals surface area contributed by atoms with Crippen LogP contribution in [0.3, 0.4) is 0 Å². The van der Waals surface area contributed by atoms with E-state index in [-0.39, 0.29) is 13.4 Å². The maximum absolute atomic E-state index is 13.4. The molecule has 8 nitrogen and oxygen atoms in total. The van der Waals surface area contributed by atoms with E-state index in [4.69, 9.17) is 23.7 Å². The second-order valence-corrected chi connectivity index (χ2v) is 10.6. The molecule has 0 aliphatic carbocycles. The number of amides is 1. The molecule has 0 bridgehead atoms. The Morgan fingerprint density at radius 3 is 2.28 bits per heavy atom.